The minimum Gasteiger partial charge on any atom is -0.490 e. The highest BCUT2D eigenvalue weighted by Gasteiger charge is 2.18. The molecule has 0 saturated heterocycles. The van der Waals surface area contributed by atoms with Crippen LogP contribution in [-0.4, -0.2) is 35.8 Å². The summed E-state index contributed by atoms with van der Waals surface area (Å²) in [4.78, 5) is 28.7. The first kappa shape index (κ1) is 22.6. The summed E-state index contributed by atoms with van der Waals surface area (Å²) in [5, 5.41) is 3.54. The van der Waals surface area contributed by atoms with E-state index in [0.717, 1.165) is 5.56 Å². The molecule has 0 bridgehead atoms. The number of benzene rings is 2. The molecule has 2 aromatic carbocycles. The third kappa shape index (κ3) is 5.99. The lowest BCUT2D eigenvalue weighted by Crippen LogP contribution is -2.12. The number of hydrogen-bond acceptors (Lipinski definition) is 7. The Morgan fingerprint density at radius 3 is 2.45 bits per heavy atom. The fourth-order valence-electron chi connectivity index (χ4n) is 2.74. The first-order valence-corrected chi connectivity index (χ1v) is 11.5. The van der Waals surface area contributed by atoms with Gasteiger partial charge in [-0.3, -0.25) is 9.59 Å². The zero-order chi connectivity index (χ0) is 22.2. The normalized spacial score (nSPS) is 10.5. The molecule has 0 aliphatic carbocycles. The van der Waals surface area contributed by atoms with Crippen LogP contribution in [0.3, 0.4) is 0 Å². The zero-order valence-corrected chi connectivity index (χ0v) is 18.8. The number of hydrogen-bond donors (Lipinski definition) is 2. The molecule has 9 heteroatoms. The van der Waals surface area contributed by atoms with Gasteiger partial charge in [0.05, 0.1) is 19.0 Å². The van der Waals surface area contributed by atoms with Gasteiger partial charge in [0.25, 0.3) is 5.91 Å². The summed E-state index contributed by atoms with van der Waals surface area (Å²) in [7, 11) is 0. The van der Waals surface area contributed by atoms with Gasteiger partial charge in [0.2, 0.25) is 5.91 Å². The Balaban J connectivity index is 1.89. The molecule has 0 atom stereocenters. The van der Waals surface area contributed by atoms with Crippen molar-refractivity contribution in [3.05, 3.63) is 54.1 Å². The lowest BCUT2D eigenvalue weighted by atomic mass is 10.1. The molecule has 0 radical (unpaired) electrons. The molecular weight excluding hydrogens is 434 g/mol. The van der Waals surface area contributed by atoms with Crippen LogP contribution in [0.2, 0.25) is 0 Å². The van der Waals surface area contributed by atoms with Gasteiger partial charge in [0.1, 0.15) is 10.7 Å². The van der Waals surface area contributed by atoms with Crippen LogP contribution in [0.4, 0.5) is 5.00 Å². The highest BCUT2D eigenvalue weighted by atomic mass is 32.2. The molecule has 0 aliphatic rings. The first-order valence-electron chi connectivity index (χ1n) is 9.70. The number of ether oxygens (including phenoxy) is 2. The van der Waals surface area contributed by atoms with Crippen molar-refractivity contribution < 1.29 is 19.1 Å². The molecule has 3 rings (SSSR count). The van der Waals surface area contributed by atoms with E-state index in [4.69, 9.17) is 15.2 Å². The molecule has 162 valence electrons. The van der Waals surface area contributed by atoms with Gasteiger partial charge in [0.15, 0.2) is 15.8 Å². The highest BCUT2D eigenvalue weighted by Crippen LogP contribution is 2.38. The molecular formula is C22H23N3O4S2. The number of rotatable bonds is 10. The third-order valence-electron chi connectivity index (χ3n) is 4.03. The Hall–Kier alpha value is -3.04. The Bertz CT molecular complexity index is 1050. The van der Waals surface area contributed by atoms with Crippen LogP contribution in [-0.2, 0) is 4.79 Å². The van der Waals surface area contributed by atoms with E-state index in [2.05, 4.69) is 10.3 Å². The van der Waals surface area contributed by atoms with E-state index in [1.165, 1.54) is 23.1 Å². The highest BCUT2D eigenvalue weighted by molar-refractivity contribution is 8.01. The second kappa shape index (κ2) is 10.8. The number of thiazole rings is 1. The van der Waals surface area contributed by atoms with Gasteiger partial charge in [-0.25, -0.2) is 4.98 Å². The minimum absolute atomic E-state index is 0.117. The average molecular weight is 458 g/mol. The van der Waals surface area contributed by atoms with Crippen LogP contribution in [0.15, 0.2) is 52.9 Å². The molecule has 0 aliphatic heterocycles. The smallest absolute Gasteiger partial charge is 0.256 e. The van der Waals surface area contributed by atoms with Crippen molar-refractivity contribution >= 4 is 39.9 Å². The summed E-state index contributed by atoms with van der Waals surface area (Å²) in [5.41, 5.74) is 7.19. The van der Waals surface area contributed by atoms with Gasteiger partial charge >= 0.3 is 0 Å². The molecule has 0 unspecified atom stereocenters. The lowest BCUT2D eigenvalue weighted by molar-refractivity contribution is -0.115. The largest absolute Gasteiger partial charge is 0.490 e. The third-order valence-corrected chi connectivity index (χ3v) is 6.16. The molecule has 0 spiro atoms. The van der Waals surface area contributed by atoms with Crippen molar-refractivity contribution in [1.29, 1.82) is 0 Å². The summed E-state index contributed by atoms with van der Waals surface area (Å²) < 4.78 is 11.8. The Morgan fingerprint density at radius 2 is 1.77 bits per heavy atom. The topological polar surface area (TPSA) is 104 Å². The second-order valence-corrected chi connectivity index (χ2v) is 8.48. The molecule has 2 amide bonds. The van der Waals surface area contributed by atoms with Crippen molar-refractivity contribution in [2.45, 2.75) is 18.2 Å². The maximum absolute atomic E-state index is 13.0. The van der Waals surface area contributed by atoms with Crippen molar-refractivity contribution in [2.24, 2.45) is 5.73 Å². The van der Waals surface area contributed by atoms with Crippen LogP contribution in [0.1, 0.15) is 24.2 Å². The Kier molecular flexibility index (Phi) is 7.91. The number of nitrogens with one attached hydrogen (secondary N) is 1. The Labute approximate surface area is 189 Å². The van der Waals surface area contributed by atoms with Crippen LogP contribution in [0.5, 0.6) is 11.5 Å². The number of nitrogens with zero attached hydrogens (tertiary/aromatic N) is 1. The van der Waals surface area contributed by atoms with Gasteiger partial charge in [-0.1, -0.05) is 53.4 Å². The number of nitrogens with two attached hydrogens (primary N) is 1. The number of anilines is 1. The fraction of sp³-hybridized carbons (Fsp3) is 0.227. The van der Waals surface area contributed by atoms with Crippen molar-refractivity contribution in [3.8, 4) is 22.8 Å². The van der Waals surface area contributed by atoms with E-state index < -0.39 is 5.91 Å². The summed E-state index contributed by atoms with van der Waals surface area (Å²) in [5.74, 6) is 0.503. The zero-order valence-electron chi connectivity index (χ0n) is 17.2. The van der Waals surface area contributed by atoms with E-state index in [-0.39, 0.29) is 11.7 Å². The van der Waals surface area contributed by atoms with E-state index >= 15 is 0 Å². The predicted octanol–water partition coefficient (Wildman–Crippen LogP) is 4.44. The summed E-state index contributed by atoms with van der Waals surface area (Å²) in [6.07, 6.45) is 0. The number of amides is 2. The van der Waals surface area contributed by atoms with Crippen LogP contribution >= 0.6 is 23.1 Å². The maximum atomic E-state index is 13.0. The van der Waals surface area contributed by atoms with Gasteiger partial charge in [-0.15, -0.1) is 0 Å². The van der Waals surface area contributed by atoms with E-state index in [0.29, 0.717) is 45.3 Å². The molecule has 31 heavy (non-hydrogen) atoms. The SMILES string of the molecule is CCOc1ccc(C(=O)Nc2sc(SCC(N)=O)nc2-c2ccccc2)cc1OCC. The number of thioether (sulfide) groups is 1. The summed E-state index contributed by atoms with van der Waals surface area (Å²) in [6.45, 7) is 4.72. The molecule has 0 saturated carbocycles. The molecule has 3 aromatic rings. The lowest BCUT2D eigenvalue weighted by Gasteiger charge is -2.12. The monoisotopic (exact) mass is 457 g/mol. The van der Waals surface area contributed by atoms with Gasteiger partial charge in [-0.05, 0) is 32.0 Å². The molecule has 7 nitrogen and oxygen atoms in total. The van der Waals surface area contributed by atoms with Crippen LogP contribution < -0.4 is 20.5 Å². The van der Waals surface area contributed by atoms with Crippen LogP contribution in [0, 0.1) is 0 Å². The maximum Gasteiger partial charge on any atom is 0.256 e. The molecule has 1 aromatic heterocycles. The summed E-state index contributed by atoms with van der Waals surface area (Å²) in [6, 6.07) is 14.6. The van der Waals surface area contributed by atoms with Crippen molar-refractivity contribution in [1.82, 2.24) is 4.98 Å². The number of carbonyl (C=O) groups is 2. The van der Waals surface area contributed by atoms with E-state index in [1.54, 1.807) is 18.2 Å². The molecule has 0 fully saturated rings. The predicted molar refractivity (Wildman–Crippen MR) is 124 cm³/mol. The molecule has 3 N–H and O–H groups in total. The van der Waals surface area contributed by atoms with Gasteiger partial charge < -0.3 is 20.5 Å². The quantitative estimate of drug-likeness (QED) is 0.436. The van der Waals surface area contributed by atoms with Crippen LogP contribution in [0.25, 0.3) is 11.3 Å². The summed E-state index contributed by atoms with van der Waals surface area (Å²) >= 11 is 2.54. The minimum atomic E-state index is -0.426. The van der Waals surface area contributed by atoms with Gasteiger partial charge in [-0.2, -0.15) is 0 Å². The van der Waals surface area contributed by atoms with Crippen molar-refractivity contribution in [2.75, 3.05) is 24.3 Å². The Morgan fingerprint density at radius 1 is 1.06 bits per heavy atom. The number of primary amides is 1. The van der Waals surface area contributed by atoms with E-state index in [1.807, 2.05) is 44.2 Å². The fourth-order valence-corrected chi connectivity index (χ4v) is 4.54. The number of carbonyl (C=O) groups excluding carboxylic acids is 2. The second-order valence-electron chi connectivity index (χ2n) is 6.26. The number of aromatic nitrogens is 1. The standard InChI is InChI=1S/C22H23N3O4S2/c1-3-28-16-11-10-15(12-17(16)29-4-2)20(27)25-21-19(14-8-6-5-7-9-14)24-22(31-21)30-13-18(23)26/h5-12H,3-4,13H2,1-2H3,(H2,23,26)(H,25,27). The van der Waals surface area contributed by atoms with Crippen molar-refractivity contribution in [3.63, 3.8) is 0 Å². The first-order chi connectivity index (χ1) is 15.0. The average Bonchev–Trinajstić information content (AvgIpc) is 3.17. The van der Waals surface area contributed by atoms with Gasteiger partial charge in [0, 0.05) is 11.1 Å². The van der Waals surface area contributed by atoms with E-state index in [9.17, 15) is 9.59 Å². The molecule has 1 heterocycles.